The first-order chi connectivity index (χ1) is 10.1. The Bertz CT molecular complexity index is 456. The number of ether oxygens (including phenoxy) is 1. The summed E-state index contributed by atoms with van der Waals surface area (Å²) in [4.78, 5) is 15.0. The Morgan fingerprint density at radius 2 is 2.10 bits per heavy atom. The number of rotatable bonds is 6. The third-order valence-electron chi connectivity index (χ3n) is 3.60. The fourth-order valence-corrected chi connectivity index (χ4v) is 2.48. The van der Waals surface area contributed by atoms with E-state index in [0.717, 1.165) is 25.9 Å². The minimum atomic E-state index is 0.294. The van der Waals surface area contributed by atoms with Gasteiger partial charge in [0.15, 0.2) is 0 Å². The summed E-state index contributed by atoms with van der Waals surface area (Å²) in [5.74, 6) is 6.73. The van der Waals surface area contributed by atoms with E-state index in [1.54, 1.807) is 0 Å². The SMILES string of the molecule is CCCOc1nc(NN)nc(NC2CCN(C)CC2C)n1. The van der Waals surface area contributed by atoms with Gasteiger partial charge >= 0.3 is 6.01 Å². The molecule has 1 aromatic rings. The standard InChI is InChI=1S/C13H25N7O/c1-4-7-21-13-17-11(16-12(18-13)19-14)15-10-5-6-20(3)8-9(10)2/h9-10H,4-8,14H2,1-3H3,(H2,15,16,17,18,19). The van der Waals surface area contributed by atoms with E-state index in [2.05, 4.69) is 44.6 Å². The zero-order valence-electron chi connectivity index (χ0n) is 13.0. The Hall–Kier alpha value is -1.67. The molecule has 0 radical (unpaired) electrons. The minimum absolute atomic E-state index is 0.294. The molecule has 0 bridgehead atoms. The fourth-order valence-electron chi connectivity index (χ4n) is 2.48. The van der Waals surface area contributed by atoms with Crippen LogP contribution in [0.15, 0.2) is 0 Å². The summed E-state index contributed by atoms with van der Waals surface area (Å²) in [6, 6.07) is 0.635. The van der Waals surface area contributed by atoms with Gasteiger partial charge in [0.25, 0.3) is 0 Å². The van der Waals surface area contributed by atoms with Crippen molar-refractivity contribution >= 4 is 11.9 Å². The van der Waals surface area contributed by atoms with Crippen molar-refractivity contribution in [3.8, 4) is 6.01 Å². The quantitative estimate of drug-likeness (QED) is 0.521. The third kappa shape index (κ3) is 4.40. The lowest BCUT2D eigenvalue weighted by atomic mass is 9.94. The highest BCUT2D eigenvalue weighted by Crippen LogP contribution is 2.20. The lowest BCUT2D eigenvalue weighted by Crippen LogP contribution is -2.43. The molecule has 2 atom stereocenters. The predicted molar refractivity (Wildman–Crippen MR) is 82.1 cm³/mol. The molecule has 2 unspecified atom stereocenters. The van der Waals surface area contributed by atoms with Crippen LogP contribution in [0.3, 0.4) is 0 Å². The highest BCUT2D eigenvalue weighted by molar-refractivity contribution is 5.36. The van der Waals surface area contributed by atoms with Gasteiger partial charge in [-0.3, -0.25) is 5.43 Å². The van der Waals surface area contributed by atoms with Crippen LogP contribution in [0.4, 0.5) is 11.9 Å². The van der Waals surface area contributed by atoms with Gasteiger partial charge in [-0.15, -0.1) is 0 Å². The highest BCUT2D eigenvalue weighted by Gasteiger charge is 2.25. The fraction of sp³-hybridized carbons (Fsp3) is 0.769. The molecule has 8 nitrogen and oxygen atoms in total. The van der Waals surface area contributed by atoms with Gasteiger partial charge in [-0.2, -0.15) is 15.0 Å². The van der Waals surface area contributed by atoms with Crippen LogP contribution >= 0.6 is 0 Å². The molecule has 118 valence electrons. The lowest BCUT2D eigenvalue weighted by Gasteiger charge is -2.35. The van der Waals surface area contributed by atoms with Crippen molar-refractivity contribution in [1.29, 1.82) is 0 Å². The predicted octanol–water partition coefficient (Wildman–Crippen LogP) is 0.698. The molecule has 0 saturated carbocycles. The van der Waals surface area contributed by atoms with Crippen molar-refractivity contribution in [3.63, 3.8) is 0 Å². The maximum atomic E-state index is 5.47. The van der Waals surface area contributed by atoms with Crippen molar-refractivity contribution in [1.82, 2.24) is 19.9 Å². The summed E-state index contributed by atoms with van der Waals surface area (Å²) in [6.07, 6.45) is 1.95. The average molecular weight is 295 g/mol. The largest absolute Gasteiger partial charge is 0.463 e. The highest BCUT2D eigenvalue weighted by atomic mass is 16.5. The maximum Gasteiger partial charge on any atom is 0.323 e. The summed E-state index contributed by atoms with van der Waals surface area (Å²) in [5.41, 5.74) is 2.45. The zero-order chi connectivity index (χ0) is 15.2. The van der Waals surface area contributed by atoms with Gasteiger partial charge in [-0.05, 0) is 32.4 Å². The van der Waals surface area contributed by atoms with Gasteiger partial charge in [0.2, 0.25) is 11.9 Å². The van der Waals surface area contributed by atoms with Crippen LogP contribution < -0.4 is 21.3 Å². The molecule has 0 aromatic carbocycles. The zero-order valence-corrected chi connectivity index (χ0v) is 13.0. The molecular weight excluding hydrogens is 270 g/mol. The molecule has 2 rings (SSSR count). The van der Waals surface area contributed by atoms with Gasteiger partial charge in [0.1, 0.15) is 0 Å². The second-order valence-corrected chi connectivity index (χ2v) is 5.54. The molecule has 1 fully saturated rings. The van der Waals surface area contributed by atoms with E-state index in [0.29, 0.717) is 36.5 Å². The Labute approximate surface area is 125 Å². The first-order valence-electron chi connectivity index (χ1n) is 7.43. The first-order valence-corrected chi connectivity index (χ1v) is 7.43. The number of hydrogen-bond acceptors (Lipinski definition) is 8. The van der Waals surface area contributed by atoms with Gasteiger partial charge < -0.3 is 15.0 Å². The van der Waals surface area contributed by atoms with Crippen molar-refractivity contribution < 1.29 is 4.74 Å². The molecule has 0 spiro atoms. The number of nitrogens with one attached hydrogen (secondary N) is 2. The van der Waals surface area contributed by atoms with E-state index in [1.807, 2.05) is 6.92 Å². The number of piperidine rings is 1. The summed E-state index contributed by atoms with van der Waals surface area (Å²) in [5, 5.41) is 3.38. The third-order valence-corrected chi connectivity index (χ3v) is 3.60. The van der Waals surface area contributed by atoms with Crippen LogP contribution in [-0.4, -0.2) is 52.6 Å². The molecule has 2 heterocycles. The summed E-state index contributed by atoms with van der Waals surface area (Å²) >= 11 is 0. The van der Waals surface area contributed by atoms with Crippen LogP contribution in [0.1, 0.15) is 26.7 Å². The Balaban J connectivity index is 2.07. The molecule has 8 heteroatoms. The van der Waals surface area contributed by atoms with Crippen molar-refractivity contribution in [2.75, 3.05) is 37.5 Å². The molecule has 1 saturated heterocycles. The molecule has 1 aliphatic rings. The normalized spacial score (nSPS) is 22.9. The van der Waals surface area contributed by atoms with E-state index < -0.39 is 0 Å². The van der Waals surface area contributed by atoms with Crippen LogP contribution in [-0.2, 0) is 0 Å². The van der Waals surface area contributed by atoms with E-state index >= 15 is 0 Å². The van der Waals surface area contributed by atoms with Crippen LogP contribution in [0.25, 0.3) is 0 Å². The summed E-state index contributed by atoms with van der Waals surface area (Å²) in [7, 11) is 2.14. The number of nitrogen functional groups attached to an aromatic ring is 1. The number of anilines is 2. The van der Waals surface area contributed by atoms with Gasteiger partial charge in [-0.1, -0.05) is 13.8 Å². The lowest BCUT2D eigenvalue weighted by molar-refractivity contribution is 0.205. The first kappa shape index (κ1) is 15.7. The molecule has 4 N–H and O–H groups in total. The number of aromatic nitrogens is 3. The molecule has 0 amide bonds. The van der Waals surface area contributed by atoms with Crippen molar-refractivity contribution in [2.45, 2.75) is 32.7 Å². The number of nitrogens with two attached hydrogens (primary N) is 1. The second kappa shape index (κ2) is 7.37. The van der Waals surface area contributed by atoms with E-state index in [-0.39, 0.29) is 0 Å². The topological polar surface area (TPSA) is 101 Å². The molecule has 21 heavy (non-hydrogen) atoms. The number of nitrogens with zero attached hydrogens (tertiary/aromatic N) is 4. The van der Waals surface area contributed by atoms with E-state index in [1.165, 1.54) is 0 Å². The molecular formula is C13H25N7O. The number of likely N-dealkylation sites (tertiary alicyclic amines) is 1. The second-order valence-electron chi connectivity index (χ2n) is 5.54. The van der Waals surface area contributed by atoms with Gasteiger partial charge in [0.05, 0.1) is 6.61 Å². The Kier molecular flexibility index (Phi) is 5.51. The summed E-state index contributed by atoms with van der Waals surface area (Å²) < 4.78 is 5.47. The van der Waals surface area contributed by atoms with Crippen LogP contribution in [0, 0.1) is 5.92 Å². The summed E-state index contributed by atoms with van der Waals surface area (Å²) in [6.45, 7) is 6.95. The minimum Gasteiger partial charge on any atom is -0.463 e. The van der Waals surface area contributed by atoms with Gasteiger partial charge in [0, 0.05) is 12.6 Å². The molecule has 0 aliphatic carbocycles. The van der Waals surface area contributed by atoms with Crippen LogP contribution in [0.5, 0.6) is 6.01 Å². The van der Waals surface area contributed by atoms with Gasteiger partial charge in [-0.25, -0.2) is 5.84 Å². The molecule has 1 aromatic heterocycles. The van der Waals surface area contributed by atoms with Crippen molar-refractivity contribution in [3.05, 3.63) is 0 Å². The van der Waals surface area contributed by atoms with E-state index in [4.69, 9.17) is 10.6 Å². The smallest absolute Gasteiger partial charge is 0.323 e. The Morgan fingerprint density at radius 1 is 1.33 bits per heavy atom. The van der Waals surface area contributed by atoms with E-state index in [9.17, 15) is 0 Å². The Morgan fingerprint density at radius 3 is 2.76 bits per heavy atom. The monoisotopic (exact) mass is 295 g/mol. The number of hydrazine groups is 1. The maximum absolute atomic E-state index is 5.47. The average Bonchev–Trinajstić information content (AvgIpc) is 2.48. The van der Waals surface area contributed by atoms with Crippen LogP contribution in [0.2, 0.25) is 0 Å². The molecule has 1 aliphatic heterocycles. The number of hydrogen-bond donors (Lipinski definition) is 3. The van der Waals surface area contributed by atoms with Crippen molar-refractivity contribution in [2.24, 2.45) is 11.8 Å².